The zero-order valence-corrected chi connectivity index (χ0v) is 13.3. The predicted octanol–water partition coefficient (Wildman–Crippen LogP) is 1.85. The fourth-order valence-electron chi connectivity index (χ4n) is 2.93. The van der Waals surface area contributed by atoms with E-state index in [1.807, 2.05) is 44.2 Å². The van der Waals surface area contributed by atoms with Crippen LogP contribution in [-0.2, 0) is 11.2 Å². The minimum atomic E-state index is -0.583. The van der Waals surface area contributed by atoms with E-state index in [9.17, 15) is 9.90 Å². The molecule has 1 fully saturated rings. The number of carbonyl (C=O) groups excluding carboxylic acids is 1. The monoisotopic (exact) mass is 306 g/mol. The van der Waals surface area contributed by atoms with Gasteiger partial charge in [-0.3, -0.25) is 0 Å². The van der Waals surface area contributed by atoms with E-state index in [0.717, 1.165) is 18.4 Å². The highest BCUT2D eigenvalue weighted by atomic mass is 16.5. The van der Waals surface area contributed by atoms with Gasteiger partial charge in [0.05, 0.1) is 18.3 Å². The van der Waals surface area contributed by atoms with E-state index in [1.54, 1.807) is 0 Å². The van der Waals surface area contributed by atoms with Crippen LogP contribution in [-0.4, -0.2) is 42.0 Å². The molecule has 2 rings (SSSR count). The first-order valence-electron chi connectivity index (χ1n) is 7.94. The number of aliphatic hydroxyl groups is 1. The summed E-state index contributed by atoms with van der Waals surface area (Å²) in [5, 5.41) is 15.7. The van der Waals surface area contributed by atoms with Gasteiger partial charge in [0.15, 0.2) is 0 Å². The highest BCUT2D eigenvalue weighted by molar-refractivity contribution is 5.74. The Balaban J connectivity index is 1.69. The van der Waals surface area contributed by atoms with Gasteiger partial charge >= 0.3 is 6.03 Å². The lowest BCUT2D eigenvalue weighted by Gasteiger charge is -2.32. The second-order valence-electron chi connectivity index (χ2n) is 6.12. The first kappa shape index (κ1) is 16.8. The van der Waals surface area contributed by atoms with Crippen LogP contribution in [0.15, 0.2) is 30.3 Å². The van der Waals surface area contributed by atoms with Gasteiger partial charge in [0.2, 0.25) is 0 Å². The summed E-state index contributed by atoms with van der Waals surface area (Å²) in [7, 11) is 0. The van der Waals surface area contributed by atoms with Crippen molar-refractivity contribution in [3.8, 4) is 0 Å². The molecule has 0 bridgehead atoms. The molecule has 122 valence electrons. The molecule has 5 nitrogen and oxygen atoms in total. The quantitative estimate of drug-likeness (QED) is 0.777. The lowest BCUT2D eigenvalue weighted by Crippen LogP contribution is -2.49. The molecule has 1 aliphatic rings. The van der Waals surface area contributed by atoms with Crippen LogP contribution in [0.4, 0.5) is 4.79 Å². The first-order chi connectivity index (χ1) is 10.5. The Kier molecular flexibility index (Phi) is 6.21. The average Bonchev–Trinajstić information content (AvgIpc) is 2.45. The molecule has 0 radical (unpaired) electrons. The molecule has 1 aliphatic heterocycles. The maximum absolute atomic E-state index is 11.9. The van der Waals surface area contributed by atoms with Crippen molar-refractivity contribution in [2.45, 2.75) is 57.5 Å². The third-order valence-corrected chi connectivity index (χ3v) is 3.85. The van der Waals surface area contributed by atoms with Crippen molar-refractivity contribution < 1.29 is 14.6 Å². The Bertz CT molecular complexity index is 456. The average molecular weight is 306 g/mol. The van der Waals surface area contributed by atoms with Crippen molar-refractivity contribution in [1.82, 2.24) is 10.6 Å². The zero-order chi connectivity index (χ0) is 15.9. The molecule has 1 saturated heterocycles. The van der Waals surface area contributed by atoms with Gasteiger partial charge in [0.25, 0.3) is 0 Å². The number of nitrogens with one attached hydrogen (secondary N) is 2. The van der Waals surface area contributed by atoms with Crippen LogP contribution in [0.25, 0.3) is 0 Å². The van der Waals surface area contributed by atoms with Gasteiger partial charge in [-0.15, -0.1) is 0 Å². The first-order valence-corrected chi connectivity index (χ1v) is 7.94. The van der Waals surface area contributed by atoms with E-state index in [0.29, 0.717) is 6.42 Å². The van der Waals surface area contributed by atoms with Gasteiger partial charge in [-0.1, -0.05) is 30.3 Å². The fraction of sp³-hybridized carbons (Fsp3) is 0.588. The Labute approximate surface area is 132 Å². The maximum Gasteiger partial charge on any atom is 0.315 e. The number of benzene rings is 1. The molecule has 0 aromatic heterocycles. The number of amides is 2. The molecule has 3 atom stereocenters. The third kappa shape index (κ3) is 5.66. The van der Waals surface area contributed by atoms with Gasteiger partial charge in [-0.2, -0.15) is 0 Å². The summed E-state index contributed by atoms with van der Waals surface area (Å²) < 4.78 is 5.65. The van der Waals surface area contributed by atoms with Crippen molar-refractivity contribution in [3.63, 3.8) is 0 Å². The molecule has 3 unspecified atom stereocenters. The van der Waals surface area contributed by atoms with Crippen molar-refractivity contribution in [2.24, 2.45) is 0 Å². The molecule has 1 heterocycles. The molecular weight excluding hydrogens is 280 g/mol. The number of rotatable bonds is 5. The molecule has 0 saturated carbocycles. The van der Waals surface area contributed by atoms with Crippen molar-refractivity contribution in [2.75, 3.05) is 6.54 Å². The lowest BCUT2D eigenvalue weighted by molar-refractivity contribution is -0.0402. The second-order valence-corrected chi connectivity index (χ2v) is 6.12. The minimum Gasteiger partial charge on any atom is -0.391 e. The van der Waals surface area contributed by atoms with Crippen LogP contribution in [0.5, 0.6) is 0 Å². The van der Waals surface area contributed by atoms with E-state index in [4.69, 9.17) is 4.74 Å². The molecule has 1 aromatic carbocycles. The van der Waals surface area contributed by atoms with Gasteiger partial charge in [0, 0.05) is 19.0 Å². The Morgan fingerprint density at radius 3 is 2.55 bits per heavy atom. The van der Waals surface area contributed by atoms with Crippen molar-refractivity contribution in [1.29, 1.82) is 0 Å². The largest absolute Gasteiger partial charge is 0.391 e. The van der Waals surface area contributed by atoms with Crippen LogP contribution < -0.4 is 10.6 Å². The summed E-state index contributed by atoms with van der Waals surface area (Å²) in [5.41, 5.74) is 1.06. The van der Waals surface area contributed by atoms with Crippen molar-refractivity contribution >= 4 is 6.03 Å². The van der Waals surface area contributed by atoms with Gasteiger partial charge in [-0.05, 0) is 32.3 Å². The Morgan fingerprint density at radius 2 is 1.91 bits per heavy atom. The molecule has 0 aliphatic carbocycles. The fourth-order valence-corrected chi connectivity index (χ4v) is 2.93. The van der Waals surface area contributed by atoms with Crippen LogP contribution in [0.3, 0.4) is 0 Å². The van der Waals surface area contributed by atoms with E-state index < -0.39 is 6.10 Å². The molecule has 1 aromatic rings. The normalized spacial score (nSPS) is 26.2. The number of carbonyl (C=O) groups is 1. The number of hydrogen-bond acceptors (Lipinski definition) is 3. The molecule has 22 heavy (non-hydrogen) atoms. The standard InChI is InChI=1S/C17H26N2O3/c1-12-8-15(9-13(2)22-12)19-17(21)18-11-16(20)10-14-6-4-3-5-7-14/h3-7,12-13,15-16,20H,8-11H2,1-2H3,(H2,18,19,21). The smallest absolute Gasteiger partial charge is 0.315 e. The lowest BCUT2D eigenvalue weighted by atomic mass is 10.0. The molecular formula is C17H26N2O3. The highest BCUT2D eigenvalue weighted by Gasteiger charge is 2.25. The summed E-state index contributed by atoms with van der Waals surface area (Å²) in [4.78, 5) is 11.9. The minimum absolute atomic E-state index is 0.130. The number of aliphatic hydroxyl groups excluding tert-OH is 1. The SMILES string of the molecule is CC1CC(NC(=O)NCC(O)Cc2ccccc2)CC(C)O1. The molecule has 3 N–H and O–H groups in total. The van der Waals surface area contributed by atoms with Crippen LogP contribution in [0.2, 0.25) is 0 Å². The summed E-state index contributed by atoms with van der Waals surface area (Å²) in [6, 6.07) is 9.66. The predicted molar refractivity (Wildman–Crippen MR) is 85.7 cm³/mol. The number of ether oxygens (including phenoxy) is 1. The van der Waals surface area contributed by atoms with E-state index >= 15 is 0 Å². The van der Waals surface area contributed by atoms with Gasteiger partial charge in [0.1, 0.15) is 0 Å². The summed E-state index contributed by atoms with van der Waals surface area (Å²) in [6.07, 6.45) is 1.93. The number of hydrogen-bond donors (Lipinski definition) is 3. The van der Waals surface area contributed by atoms with Crippen LogP contribution in [0.1, 0.15) is 32.3 Å². The van der Waals surface area contributed by atoms with Crippen LogP contribution >= 0.6 is 0 Å². The van der Waals surface area contributed by atoms with Crippen LogP contribution in [0, 0.1) is 0 Å². The second kappa shape index (κ2) is 8.15. The molecule has 5 heteroatoms. The molecule has 0 spiro atoms. The molecule has 2 amide bonds. The Hall–Kier alpha value is -1.59. The number of urea groups is 1. The van der Waals surface area contributed by atoms with Gasteiger partial charge < -0.3 is 20.5 Å². The van der Waals surface area contributed by atoms with E-state index in [1.165, 1.54) is 0 Å². The Morgan fingerprint density at radius 1 is 1.27 bits per heavy atom. The summed E-state index contributed by atoms with van der Waals surface area (Å²) in [6.45, 7) is 4.28. The van der Waals surface area contributed by atoms with Gasteiger partial charge in [-0.25, -0.2) is 4.79 Å². The highest BCUT2D eigenvalue weighted by Crippen LogP contribution is 2.18. The zero-order valence-electron chi connectivity index (χ0n) is 13.3. The van der Waals surface area contributed by atoms with E-state index in [2.05, 4.69) is 10.6 Å². The summed E-state index contributed by atoms with van der Waals surface area (Å²) >= 11 is 0. The third-order valence-electron chi connectivity index (χ3n) is 3.85. The van der Waals surface area contributed by atoms with Crippen molar-refractivity contribution in [3.05, 3.63) is 35.9 Å². The maximum atomic E-state index is 11.9. The van der Waals surface area contributed by atoms with E-state index in [-0.39, 0.29) is 30.8 Å². The topological polar surface area (TPSA) is 70.6 Å². The summed E-state index contributed by atoms with van der Waals surface area (Å²) in [5.74, 6) is 0.